The SMILES string of the molecule is CC[Si](CC)(CC)[O][Al]([O][Si](CC)(CC)CC)[O][Si](CC)(CC)CC. The molecule has 0 aliphatic carbocycles. The highest BCUT2D eigenvalue weighted by atomic mass is 28.4. The van der Waals surface area contributed by atoms with Gasteiger partial charge in [0, 0.05) is 0 Å². The molecule has 0 spiro atoms. The zero-order valence-corrected chi connectivity index (χ0v) is 22.8. The largest absolute Gasteiger partial charge is 0.871 e. The molecule has 3 nitrogen and oxygen atoms in total. The van der Waals surface area contributed by atoms with Crippen LogP contribution in [0.3, 0.4) is 0 Å². The van der Waals surface area contributed by atoms with Crippen molar-refractivity contribution >= 4 is 40.1 Å². The topological polar surface area (TPSA) is 27.7 Å². The van der Waals surface area contributed by atoms with Crippen LogP contribution in [0.4, 0.5) is 0 Å². The highest BCUT2D eigenvalue weighted by Crippen LogP contribution is 2.31. The number of hydrogen-bond acceptors (Lipinski definition) is 3. The third kappa shape index (κ3) is 7.19. The van der Waals surface area contributed by atoms with Gasteiger partial charge in [-0.1, -0.05) is 62.3 Å². The Kier molecular flexibility index (Phi) is 13.0. The molecular formula is C18H45AlO3Si3. The van der Waals surface area contributed by atoms with Crippen LogP contribution in [0.15, 0.2) is 0 Å². The fourth-order valence-electron chi connectivity index (χ4n) is 3.68. The standard InChI is InChI=1S/3C6H15OSi.Al/c3*1-4-8(7,5-2)6-3;/h3*4-6H2,1-3H3;/q3*-1;+3. The summed E-state index contributed by atoms with van der Waals surface area (Å²) in [4.78, 5) is 0. The maximum atomic E-state index is 6.91. The molecule has 0 aromatic carbocycles. The van der Waals surface area contributed by atoms with E-state index in [2.05, 4.69) is 62.3 Å². The van der Waals surface area contributed by atoms with Crippen molar-refractivity contribution in [3.63, 3.8) is 0 Å². The van der Waals surface area contributed by atoms with Gasteiger partial charge in [0.25, 0.3) is 0 Å². The Morgan fingerprint density at radius 3 is 0.680 bits per heavy atom. The minimum atomic E-state index is -2.08. The number of rotatable bonds is 15. The molecule has 0 aromatic rings. The zero-order valence-electron chi connectivity index (χ0n) is 18.7. The van der Waals surface area contributed by atoms with Crippen molar-refractivity contribution in [2.75, 3.05) is 0 Å². The highest BCUT2D eigenvalue weighted by molar-refractivity contribution is 6.86. The van der Waals surface area contributed by atoms with Crippen LogP contribution in [0.1, 0.15) is 62.3 Å². The van der Waals surface area contributed by atoms with Crippen molar-refractivity contribution in [2.24, 2.45) is 0 Å². The van der Waals surface area contributed by atoms with Gasteiger partial charge in [0.05, 0.1) is 0 Å². The lowest BCUT2D eigenvalue weighted by molar-refractivity contribution is 0.285. The van der Waals surface area contributed by atoms with Gasteiger partial charge in [0.2, 0.25) is 0 Å². The zero-order chi connectivity index (χ0) is 19.6. The van der Waals surface area contributed by atoms with Crippen molar-refractivity contribution in [2.45, 2.75) is 117 Å². The predicted octanol–water partition coefficient (Wildman–Crippen LogP) is 7.04. The Morgan fingerprint density at radius 2 is 0.560 bits per heavy atom. The first-order valence-electron chi connectivity index (χ1n) is 10.9. The maximum Gasteiger partial charge on any atom is 0.871 e. The van der Waals surface area contributed by atoms with Gasteiger partial charge in [0.1, 0.15) is 0 Å². The highest BCUT2D eigenvalue weighted by Gasteiger charge is 2.49. The summed E-state index contributed by atoms with van der Waals surface area (Å²) in [7, 11) is -5.10. The second-order valence-corrected chi connectivity index (χ2v) is 24.2. The fourth-order valence-corrected chi connectivity index (χ4v) is 21.0. The summed E-state index contributed by atoms with van der Waals surface area (Å²) in [5.74, 6) is 0. The first-order valence-corrected chi connectivity index (χ1v) is 19.9. The van der Waals surface area contributed by atoms with Crippen LogP contribution in [0.2, 0.25) is 54.4 Å². The van der Waals surface area contributed by atoms with E-state index >= 15 is 0 Å². The molecule has 0 aliphatic heterocycles. The smallest absolute Gasteiger partial charge is 0.499 e. The maximum absolute atomic E-state index is 6.91. The van der Waals surface area contributed by atoms with Crippen molar-refractivity contribution in [1.29, 1.82) is 0 Å². The minimum absolute atomic E-state index is 1.17. The van der Waals surface area contributed by atoms with Crippen molar-refractivity contribution in [3.8, 4) is 0 Å². The van der Waals surface area contributed by atoms with E-state index in [1.54, 1.807) is 0 Å². The summed E-state index contributed by atoms with van der Waals surface area (Å²) < 4.78 is 20.7. The first kappa shape index (κ1) is 26.1. The summed E-state index contributed by atoms with van der Waals surface area (Å²) in [5, 5.41) is 0. The van der Waals surface area contributed by atoms with E-state index in [-0.39, 0.29) is 0 Å². The Hall–Kier alpha value is 1.06. The Bertz CT molecular complexity index is 269. The molecule has 0 saturated heterocycles. The van der Waals surface area contributed by atoms with Crippen LogP contribution >= 0.6 is 0 Å². The summed E-state index contributed by atoms with van der Waals surface area (Å²) >= 11 is -2.08. The van der Waals surface area contributed by atoms with E-state index in [4.69, 9.17) is 10.4 Å². The monoisotopic (exact) mass is 420 g/mol. The lowest BCUT2D eigenvalue weighted by atomic mass is 10.9. The molecule has 7 heteroatoms. The summed E-state index contributed by atoms with van der Waals surface area (Å²) in [5.41, 5.74) is 0. The van der Waals surface area contributed by atoms with E-state index in [0.29, 0.717) is 0 Å². The quantitative estimate of drug-likeness (QED) is 0.266. The molecule has 0 N–H and O–H groups in total. The molecule has 0 rings (SSSR count). The van der Waals surface area contributed by atoms with Crippen LogP contribution in [0.25, 0.3) is 0 Å². The van der Waals surface area contributed by atoms with E-state index in [9.17, 15) is 0 Å². The second kappa shape index (κ2) is 12.5. The third-order valence-corrected chi connectivity index (χ3v) is 26.7. The lowest BCUT2D eigenvalue weighted by Gasteiger charge is -2.40. The molecule has 0 unspecified atom stereocenters. The molecule has 150 valence electrons. The lowest BCUT2D eigenvalue weighted by Crippen LogP contribution is -2.55. The van der Waals surface area contributed by atoms with Gasteiger partial charge in [-0.2, -0.15) is 0 Å². The Labute approximate surface area is 167 Å². The third-order valence-electron chi connectivity index (χ3n) is 6.84. The van der Waals surface area contributed by atoms with Crippen LogP contribution in [0, 0.1) is 0 Å². The van der Waals surface area contributed by atoms with Crippen LogP contribution < -0.4 is 0 Å². The summed E-state index contributed by atoms with van der Waals surface area (Å²) in [6.07, 6.45) is 0. The Balaban J connectivity index is 5.64. The summed E-state index contributed by atoms with van der Waals surface area (Å²) in [6.45, 7) is 20.7. The molecule has 0 radical (unpaired) electrons. The van der Waals surface area contributed by atoms with Crippen LogP contribution in [-0.4, -0.2) is 40.1 Å². The average molecular weight is 421 g/mol. The van der Waals surface area contributed by atoms with E-state index < -0.39 is 40.1 Å². The molecular weight excluding hydrogens is 375 g/mol. The molecule has 0 bridgehead atoms. The molecule has 0 heterocycles. The van der Waals surface area contributed by atoms with Gasteiger partial charge in [-0.3, -0.25) is 0 Å². The average Bonchev–Trinajstić information content (AvgIpc) is 2.68. The Morgan fingerprint density at radius 1 is 0.400 bits per heavy atom. The normalized spacial score (nSPS) is 13.3. The second-order valence-electron chi connectivity index (χ2n) is 7.37. The molecule has 25 heavy (non-hydrogen) atoms. The van der Waals surface area contributed by atoms with Gasteiger partial charge >= 0.3 is 15.1 Å². The van der Waals surface area contributed by atoms with Crippen molar-refractivity contribution in [1.82, 2.24) is 0 Å². The van der Waals surface area contributed by atoms with E-state index in [1.165, 1.54) is 54.4 Å². The predicted molar refractivity (Wildman–Crippen MR) is 121 cm³/mol. The minimum Gasteiger partial charge on any atom is -0.499 e. The van der Waals surface area contributed by atoms with Gasteiger partial charge in [-0.05, 0) is 54.4 Å². The molecule has 0 atom stereocenters. The molecule has 0 aliphatic rings. The summed E-state index contributed by atoms with van der Waals surface area (Å²) in [6, 6.07) is 10.6. The fraction of sp³-hybridized carbons (Fsp3) is 1.00. The van der Waals surface area contributed by atoms with Gasteiger partial charge < -0.3 is 10.4 Å². The molecule has 0 fully saturated rings. The van der Waals surface area contributed by atoms with Crippen LogP contribution in [-0.2, 0) is 10.4 Å². The number of hydrogen-bond donors (Lipinski definition) is 0. The molecule has 0 saturated carbocycles. The van der Waals surface area contributed by atoms with Crippen molar-refractivity contribution < 1.29 is 10.4 Å². The van der Waals surface area contributed by atoms with Gasteiger partial charge in [-0.25, -0.2) is 0 Å². The first-order chi connectivity index (χ1) is 11.8. The van der Waals surface area contributed by atoms with Crippen molar-refractivity contribution in [3.05, 3.63) is 0 Å². The van der Waals surface area contributed by atoms with E-state index in [1.807, 2.05) is 0 Å². The molecule has 0 amide bonds. The van der Waals surface area contributed by atoms with Crippen LogP contribution in [0.5, 0.6) is 0 Å². The molecule has 0 aromatic heterocycles. The van der Waals surface area contributed by atoms with Gasteiger partial charge in [0.15, 0.2) is 25.0 Å². The van der Waals surface area contributed by atoms with Gasteiger partial charge in [-0.15, -0.1) is 0 Å². The van der Waals surface area contributed by atoms with E-state index in [0.717, 1.165) is 0 Å².